The molecule has 2 heteroatoms. The molecule has 0 aliphatic heterocycles. The molecule has 0 spiro atoms. The maximum Gasteiger partial charge on any atom is 0.0942 e. The van der Waals surface area contributed by atoms with Gasteiger partial charge >= 0.3 is 0 Å². The number of allylic oxidation sites excluding steroid dienone is 1. The SMILES string of the molecule is CC(C)/C=C/CN(C)[C@H](C)[C@H](O)c1ccccc1. The number of nitrogens with zero attached hydrogens (tertiary/aromatic N) is 1. The average Bonchev–Trinajstić information content (AvgIpc) is 2.37. The average molecular weight is 247 g/mol. The lowest BCUT2D eigenvalue weighted by Crippen LogP contribution is -2.34. The van der Waals surface area contributed by atoms with E-state index in [0.29, 0.717) is 5.92 Å². The molecule has 0 fully saturated rings. The van der Waals surface area contributed by atoms with Crippen LogP contribution in [-0.4, -0.2) is 29.6 Å². The Bertz CT molecular complexity index is 359. The first kappa shape index (κ1) is 14.9. The zero-order valence-electron chi connectivity index (χ0n) is 11.9. The van der Waals surface area contributed by atoms with Crippen molar-refractivity contribution in [1.29, 1.82) is 0 Å². The number of hydrogen-bond acceptors (Lipinski definition) is 2. The van der Waals surface area contributed by atoms with Gasteiger partial charge in [-0.1, -0.05) is 56.3 Å². The summed E-state index contributed by atoms with van der Waals surface area (Å²) < 4.78 is 0. The van der Waals surface area contributed by atoms with Crippen LogP contribution in [0.4, 0.5) is 0 Å². The van der Waals surface area contributed by atoms with E-state index in [2.05, 4.69) is 37.8 Å². The molecule has 100 valence electrons. The Morgan fingerprint density at radius 1 is 1.17 bits per heavy atom. The van der Waals surface area contributed by atoms with Crippen LogP contribution in [0.25, 0.3) is 0 Å². The van der Waals surface area contributed by atoms with Crippen molar-refractivity contribution < 1.29 is 5.11 Å². The summed E-state index contributed by atoms with van der Waals surface area (Å²) in [6.07, 6.45) is 3.92. The lowest BCUT2D eigenvalue weighted by Gasteiger charge is -2.28. The van der Waals surface area contributed by atoms with E-state index in [1.54, 1.807) is 0 Å². The lowest BCUT2D eigenvalue weighted by atomic mass is 10.0. The summed E-state index contributed by atoms with van der Waals surface area (Å²) in [7, 11) is 2.04. The molecule has 1 N–H and O–H groups in total. The van der Waals surface area contributed by atoms with E-state index >= 15 is 0 Å². The van der Waals surface area contributed by atoms with Crippen LogP contribution in [-0.2, 0) is 0 Å². The summed E-state index contributed by atoms with van der Waals surface area (Å²) in [6.45, 7) is 7.25. The second-order valence-corrected chi connectivity index (χ2v) is 5.21. The number of aliphatic hydroxyl groups is 1. The number of benzene rings is 1. The molecule has 0 radical (unpaired) electrons. The van der Waals surface area contributed by atoms with Crippen LogP contribution in [0, 0.1) is 5.92 Å². The van der Waals surface area contributed by atoms with Crippen molar-refractivity contribution in [3.8, 4) is 0 Å². The number of aliphatic hydroxyl groups excluding tert-OH is 1. The molecule has 0 aliphatic carbocycles. The molecule has 0 saturated heterocycles. The van der Waals surface area contributed by atoms with Gasteiger partial charge in [-0.25, -0.2) is 0 Å². The Morgan fingerprint density at radius 2 is 1.78 bits per heavy atom. The predicted molar refractivity (Wildman–Crippen MR) is 77.5 cm³/mol. The normalized spacial score (nSPS) is 15.5. The number of hydrogen-bond donors (Lipinski definition) is 1. The Kier molecular flexibility index (Phi) is 6.10. The third kappa shape index (κ3) is 4.63. The molecule has 0 unspecified atom stereocenters. The van der Waals surface area contributed by atoms with E-state index in [1.165, 1.54) is 0 Å². The fourth-order valence-electron chi connectivity index (χ4n) is 1.84. The van der Waals surface area contributed by atoms with Crippen LogP contribution < -0.4 is 0 Å². The Hall–Kier alpha value is -1.12. The van der Waals surface area contributed by atoms with E-state index in [0.717, 1.165) is 12.1 Å². The van der Waals surface area contributed by atoms with Gasteiger partial charge in [0, 0.05) is 12.6 Å². The summed E-state index contributed by atoms with van der Waals surface area (Å²) in [6, 6.07) is 9.94. The minimum Gasteiger partial charge on any atom is -0.387 e. The Morgan fingerprint density at radius 3 is 2.33 bits per heavy atom. The standard InChI is InChI=1S/C16H25NO/c1-13(2)9-8-12-17(4)14(3)16(18)15-10-6-5-7-11-15/h5-11,13-14,16,18H,12H2,1-4H3/b9-8+/t14-,16+/m1/s1. The number of likely N-dealkylation sites (N-methyl/N-ethyl adjacent to an activating group) is 1. The molecular weight excluding hydrogens is 222 g/mol. The van der Waals surface area contributed by atoms with E-state index in [-0.39, 0.29) is 6.04 Å². The van der Waals surface area contributed by atoms with Crippen molar-refractivity contribution in [3.05, 3.63) is 48.0 Å². The first-order valence-electron chi connectivity index (χ1n) is 6.62. The van der Waals surface area contributed by atoms with E-state index in [4.69, 9.17) is 0 Å². The first-order chi connectivity index (χ1) is 8.52. The Balaban J connectivity index is 2.55. The van der Waals surface area contributed by atoms with Gasteiger partial charge in [0.15, 0.2) is 0 Å². The van der Waals surface area contributed by atoms with Crippen LogP contribution in [0.3, 0.4) is 0 Å². The third-order valence-electron chi connectivity index (χ3n) is 3.21. The molecule has 2 atom stereocenters. The lowest BCUT2D eigenvalue weighted by molar-refractivity contribution is 0.0786. The summed E-state index contributed by atoms with van der Waals surface area (Å²) in [5.41, 5.74) is 0.977. The van der Waals surface area contributed by atoms with Crippen molar-refractivity contribution in [3.63, 3.8) is 0 Å². The van der Waals surface area contributed by atoms with E-state index in [9.17, 15) is 5.11 Å². The van der Waals surface area contributed by atoms with Crippen LogP contribution in [0.5, 0.6) is 0 Å². The molecule has 0 saturated carbocycles. The zero-order valence-corrected chi connectivity index (χ0v) is 11.9. The second-order valence-electron chi connectivity index (χ2n) is 5.21. The smallest absolute Gasteiger partial charge is 0.0942 e. The molecule has 0 heterocycles. The highest BCUT2D eigenvalue weighted by molar-refractivity contribution is 5.18. The largest absolute Gasteiger partial charge is 0.387 e. The van der Waals surface area contributed by atoms with Gasteiger partial charge in [-0.2, -0.15) is 0 Å². The van der Waals surface area contributed by atoms with Gasteiger partial charge in [0.05, 0.1) is 6.10 Å². The molecule has 2 nitrogen and oxygen atoms in total. The summed E-state index contributed by atoms with van der Waals surface area (Å²) in [4.78, 5) is 2.16. The second kappa shape index (κ2) is 7.34. The molecule has 1 aromatic carbocycles. The van der Waals surface area contributed by atoms with Gasteiger partial charge in [0.25, 0.3) is 0 Å². The van der Waals surface area contributed by atoms with Crippen molar-refractivity contribution in [1.82, 2.24) is 4.90 Å². The summed E-state index contributed by atoms with van der Waals surface area (Å²) in [5, 5.41) is 10.3. The van der Waals surface area contributed by atoms with E-state index in [1.807, 2.05) is 37.4 Å². The molecule has 1 rings (SSSR count). The van der Waals surface area contributed by atoms with Gasteiger partial charge in [-0.05, 0) is 25.5 Å². The molecule has 0 amide bonds. The first-order valence-corrected chi connectivity index (χ1v) is 6.62. The molecule has 1 aromatic rings. The van der Waals surface area contributed by atoms with Gasteiger partial charge in [-0.3, -0.25) is 4.90 Å². The highest BCUT2D eigenvalue weighted by Gasteiger charge is 2.19. The van der Waals surface area contributed by atoms with Gasteiger partial charge in [-0.15, -0.1) is 0 Å². The highest BCUT2D eigenvalue weighted by Crippen LogP contribution is 2.19. The van der Waals surface area contributed by atoms with Crippen molar-refractivity contribution in [2.24, 2.45) is 5.92 Å². The predicted octanol–water partition coefficient (Wildman–Crippen LogP) is 3.25. The molecule has 18 heavy (non-hydrogen) atoms. The zero-order chi connectivity index (χ0) is 13.5. The maximum atomic E-state index is 10.3. The monoisotopic (exact) mass is 247 g/mol. The summed E-state index contributed by atoms with van der Waals surface area (Å²) in [5.74, 6) is 0.577. The van der Waals surface area contributed by atoms with Gasteiger partial charge in [0.1, 0.15) is 0 Å². The van der Waals surface area contributed by atoms with Crippen LogP contribution in [0.2, 0.25) is 0 Å². The minimum absolute atomic E-state index is 0.101. The molecular formula is C16H25NO. The highest BCUT2D eigenvalue weighted by atomic mass is 16.3. The maximum absolute atomic E-state index is 10.3. The van der Waals surface area contributed by atoms with Crippen LogP contribution >= 0.6 is 0 Å². The Labute approximate surface area is 111 Å². The topological polar surface area (TPSA) is 23.5 Å². The van der Waals surface area contributed by atoms with Crippen molar-refractivity contribution in [2.45, 2.75) is 32.9 Å². The van der Waals surface area contributed by atoms with Gasteiger partial charge < -0.3 is 5.11 Å². The minimum atomic E-state index is -0.441. The third-order valence-corrected chi connectivity index (χ3v) is 3.21. The fourth-order valence-corrected chi connectivity index (χ4v) is 1.84. The molecule has 0 bridgehead atoms. The fraction of sp³-hybridized carbons (Fsp3) is 0.500. The quantitative estimate of drug-likeness (QED) is 0.780. The van der Waals surface area contributed by atoms with Crippen molar-refractivity contribution in [2.75, 3.05) is 13.6 Å². The number of rotatable bonds is 6. The van der Waals surface area contributed by atoms with Crippen molar-refractivity contribution >= 4 is 0 Å². The van der Waals surface area contributed by atoms with Crippen LogP contribution in [0.15, 0.2) is 42.5 Å². The van der Waals surface area contributed by atoms with Crippen LogP contribution in [0.1, 0.15) is 32.4 Å². The van der Waals surface area contributed by atoms with E-state index < -0.39 is 6.10 Å². The van der Waals surface area contributed by atoms with Gasteiger partial charge in [0.2, 0.25) is 0 Å². The molecule has 0 aliphatic rings. The molecule has 0 aromatic heterocycles. The summed E-state index contributed by atoms with van der Waals surface area (Å²) >= 11 is 0.